The lowest BCUT2D eigenvalue weighted by Gasteiger charge is -2.14. The summed E-state index contributed by atoms with van der Waals surface area (Å²) in [6.07, 6.45) is 0.291. The molecule has 0 aliphatic carbocycles. The van der Waals surface area contributed by atoms with Crippen molar-refractivity contribution in [1.29, 1.82) is 0 Å². The molecule has 0 bridgehead atoms. The number of ether oxygens (including phenoxy) is 3. The number of aliphatic hydroxyl groups excluding tert-OH is 1. The van der Waals surface area contributed by atoms with Crippen LogP contribution in [0.1, 0.15) is 0 Å². The summed E-state index contributed by atoms with van der Waals surface area (Å²) in [5.41, 5.74) is -0.0344. The van der Waals surface area contributed by atoms with Crippen LogP contribution in [0.15, 0.2) is 47.5 Å². The number of methoxy groups -OCH3 is 2. The third kappa shape index (κ3) is 4.43. The van der Waals surface area contributed by atoms with E-state index in [2.05, 4.69) is 4.98 Å². The van der Waals surface area contributed by atoms with E-state index < -0.39 is 11.0 Å². The number of aromatic nitrogens is 2. The Bertz CT molecular complexity index is 1100. The number of non-ortho nitro benzene ring substituents is 1. The zero-order valence-corrected chi connectivity index (χ0v) is 15.8. The Balaban J connectivity index is 1.75. The molecule has 1 N–H and O–H groups in total. The van der Waals surface area contributed by atoms with Crippen molar-refractivity contribution in [3.63, 3.8) is 0 Å². The Kier molecular flexibility index (Phi) is 5.93. The van der Waals surface area contributed by atoms with Gasteiger partial charge in [0.05, 0.1) is 49.0 Å². The highest BCUT2D eigenvalue weighted by atomic mass is 16.6. The van der Waals surface area contributed by atoms with Crippen molar-refractivity contribution in [2.45, 2.75) is 12.6 Å². The molecule has 3 rings (SSSR count). The van der Waals surface area contributed by atoms with Crippen LogP contribution in [0, 0.1) is 10.1 Å². The molecule has 10 nitrogen and oxygen atoms in total. The van der Waals surface area contributed by atoms with Gasteiger partial charge in [-0.2, -0.15) is 0 Å². The first kappa shape index (κ1) is 20.1. The number of rotatable bonds is 8. The molecule has 29 heavy (non-hydrogen) atoms. The number of hydrogen-bond acceptors (Lipinski definition) is 8. The predicted molar refractivity (Wildman–Crippen MR) is 104 cm³/mol. The van der Waals surface area contributed by atoms with Gasteiger partial charge in [0.15, 0.2) is 11.5 Å². The van der Waals surface area contributed by atoms with Gasteiger partial charge in [-0.15, -0.1) is 0 Å². The minimum atomic E-state index is -1.04. The third-order valence-electron chi connectivity index (χ3n) is 4.21. The Morgan fingerprint density at radius 2 is 1.93 bits per heavy atom. The van der Waals surface area contributed by atoms with E-state index in [1.54, 1.807) is 12.1 Å². The third-order valence-corrected chi connectivity index (χ3v) is 4.21. The van der Waals surface area contributed by atoms with Crippen molar-refractivity contribution >= 4 is 16.6 Å². The average Bonchev–Trinajstić information content (AvgIpc) is 2.73. The second-order valence-electron chi connectivity index (χ2n) is 6.15. The van der Waals surface area contributed by atoms with Gasteiger partial charge in [0.25, 0.3) is 11.2 Å². The van der Waals surface area contributed by atoms with Gasteiger partial charge in [0.1, 0.15) is 18.5 Å². The summed E-state index contributed by atoms with van der Waals surface area (Å²) < 4.78 is 17.1. The Hall–Kier alpha value is -3.66. The van der Waals surface area contributed by atoms with Gasteiger partial charge in [-0.1, -0.05) is 6.07 Å². The first-order valence-corrected chi connectivity index (χ1v) is 8.59. The number of fused-ring (bicyclic) bond motifs is 1. The van der Waals surface area contributed by atoms with Crippen molar-refractivity contribution in [3.8, 4) is 17.2 Å². The lowest BCUT2D eigenvalue weighted by atomic mass is 10.2. The van der Waals surface area contributed by atoms with E-state index >= 15 is 0 Å². The van der Waals surface area contributed by atoms with Gasteiger partial charge in [0.2, 0.25) is 0 Å². The van der Waals surface area contributed by atoms with Gasteiger partial charge in [0, 0.05) is 12.1 Å². The molecule has 0 unspecified atom stereocenters. The molecule has 0 aliphatic rings. The van der Waals surface area contributed by atoms with Crippen LogP contribution in [0.2, 0.25) is 0 Å². The van der Waals surface area contributed by atoms with Gasteiger partial charge in [-0.3, -0.25) is 19.5 Å². The van der Waals surface area contributed by atoms with Crippen LogP contribution in [-0.2, 0) is 6.54 Å². The highest BCUT2D eigenvalue weighted by Gasteiger charge is 2.14. The molecule has 1 heterocycles. The first-order chi connectivity index (χ1) is 13.9. The molecule has 1 aromatic heterocycles. The average molecular weight is 401 g/mol. The minimum absolute atomic E-state index is 0.0644. The fourth-order valence-corrected chi connectivity index (χ4v) is 2.77. The predicted octanol–water partition coefficient (Wildman–Crippen LogP) is 1.76. The summed E-state index contributed by atoms with van der Waals surface area (Å²) >= 11 is 0. The van der Waals surface area contributed by atoms with Crippen molar-refractivity contribution in [2.24, 2.45) is 0 Å². The summed E-state index contributed by atoms with van der Waals surface area (Å²) in [5.74, 6) is 1.10. The largest absolute Gasteiger partial charge is 0.493 e. The highest BCUT2D eigenvalue weighted by Crippen LogP contribution is 2.29. The molecule has 152 valence electrons. The van der Waals surface area contributed by atoms with Crippen LogP contribution in [0.3, 0.4) is 0 Å². The van der Waals surface area contributed by atoms with Crippen LogP contribution < -0.4 is 19.8 Å². The number of nitrogens with zero attached hydrogens (tertiary/aromatic N) is 3. The monoisotopic (exact) mass is 401 g/mol. The molecule has 2 aromatic carbocycles. The van der Waals surface area contributed by atoms with E-state index in [0.29, 0.717) is 22.4 Å². The number of hydrogen-bond donors (Lipinski definition) is 1. The quantitative estimate of drug-likeness (QED) is 0.447. The summed E-state index contributed by atoms with van der Waals surface area (Å²) in [6, 6.07) is 8.76. The highest BCUT2D eigenvalue weighted by molar-refractivity contribution is 5.81. The number of benzene rings is 2. The zero-order valence-electron chi connectivity index (χ0n) is 15.8. The standard InChI is InChI=1S/C19H19N3O7/c1-27-17-7-15-16(8-18(17)28-2)20-11-21(19(15)24)9-13(23)10-29-14-5-3-4-12(6-14)22(25)26/h3-8,11,13,23H,9-10H2,1-2H3/t13-/m1/s1. The van der Waals surface area contributed by atoms with Crippen LogP contribution in [0.5, 0.6) is 17.2 Å². The molecular weight excluding hydrogens is 382 g/mol. The maximum absolute atomic E-state index is 12.7. The smallest absolute Gasteiger partial charge is 0.273 e. The second kappa shape index (κ2) is 8.57. The van der Waals surface area contributed by atoms with Crippen molar-refractivity contribution < 1.29 is 24.2 Å². The van der Waals surface area contributed by atoms with Crippen LogP contribution in [-0.4, -0.2) is 46.5 Å². The lowest BCUT2D eigenvalue weighted by Crippen LogP contribution is -2.30. The number of nitro benzene ring substituents is 1. The molecule has 0 saturated carbocycles. The molecule has 0 fully saturated rings. The Labute approximate surface area is 165 Å². The molecule has 10 heteroatoms. The van der Waals surface area contributed by atoms with Crippen molar-refractivity contribution in [1.82, 2.24) is 9.55 Å². The van der Waals surface area contributed by atoms with E-state index in [-0.39, 0.29) is 30.1 Å². The van der Waals surface area contributed by atoms with E-state index in [4.69, 9.17) is 14.2 Å². The number of aliphatic hydroxyl groups is 1. The van der Waals surface area contributed by atoms with Crippen molar-refractivity contribution in [2.75, 3.05) is 20.8 Å². The molecule has 0 radical (unpaired) electrons. The Morgan fingerprint density at radius 1 is 1.21 bits per heavy atom. The SMILES string of the molecule is COc1cc2ncn(C[C@@H](O)COc3cccc([N+](=O)[O-])c3)c(=O)c2cc1OC. The Morgan fingerprint density at radius 3 is 2.62 bits per heavy atom. The number of nitro groups is 1. The van der Waals surface area contributed by atoms with Gasteiger partial charge in [-0.05, 0) is 12.1 Å². The van der Waals surface area contributed by atoms with Crippen molar-refractivity contribution in [3.05, 3.63) is 63.2 Å². The van der Waals surface area contributed by atoms with Gasteiger partial charge in [-0.25, -0.2) is 4.98 Å². The summed E-state index contributed by atoms with van der Waals surface area (Å²) in [5, 5.41) is 21.3. The topological polar surface area (TPSA) is 126 Å². The van der Waals surface area contributed by atoms with Crippen LogP contribution in [0.4, 0.5) is 5.69 Å². The maximum atomic E-state index is 12.7. The molecular formula is C19H19N3O7. The maximum Gasteiger partial charge on any atom is 0.273 e. The molecule has 0 spiro atoms. The molecule has 0 saturated heterocycles. The summed E-state index contributed by atoms with van der Waals surface area (Å²) in [6.45, 7) is -0.220. The van der Waals surface area contributed by atoms with E-state index in [1.165, 1.54) is 49.4 Å². The van der Waals surface area contributed by atoms with Crippen LogP contribution >= 0.6 is 0 Å². The molecule has 1 atom stereocenters. The van der Waals surface area contributed by atoms with E-state index in [0.717, 1.165) is 0 Å². The fraction of sp³-hybridized carbons (Fsp3) is 0.263. The van der Waals surface area contributed by atoms with E-state index in [9.17, 15) is 20.0 Å². The fourth-order valence-electron chi connectivity index (χ4n) is 2.77. The van der Waals surface area contributed by atoms with E-state index in [1.807, 2.05) is 0 Å². The lowest BCUT2D eigenvalue weighted by molar-refractivity contribution is -0.384. The second-order valence-corrected chi connectivity index (χ2v) is 6.15. The zero-order chi connectivity index (χ0) is 21.0. The van der Waals surface area contributed by atoms with Gasteiger partial charge < -0.3 is 19.3 Å². The van der Waals surface area contributed by atoms with Crippen LogP contribution in [0.25, 0.3) is 10.9 Å². The molecule has 0 amide bonds. The normalized spacial score (nSPS) is 11.8. The first-order valence-electron chi connectivity index (χ1n) is 8.59. The molecule has 3 aromatic rings. The molecule has 0 aliphatic heterocycles. The van der Waals surface area contributed by atoms with Gasteiger partial charge >= 0.3 is 0 Å². The summed E-state index contributed by atoms with van der Waals surface area (Å²) in [4.78, 5) is 27.2. The summed E-state index contributed by atoms with van der Waals surface area (Å²) in [7, 11) is 2.95. The minimum Gasteiger partial charge on any atom is -0.493 e.